The number of nitrogens with zero attached hydrogens (tertiary/aromatic N) is 3. The van der Waals surface area contributed by atoms with Gasteiger partial charge in [-0.3, -0.25) is 0 Å². The lowest BCUT2D eigenvalue weighted by Gasteiger charge is -2.03. The van der Waals surface area contributed by atoms with Gasteiger partial charge in [0.2, 0.25) is 5.82 Å². The number of aromatic nitrogens is 2. The number of rotatable bonds is 5. The molecule has 1 aromatic rings. The number of hydrogen-bond acceptors (Lipinski definition) is 4. The van der Waals surface area contributed by atoms with E-state index in [9.17, 15) is 0 Å². The molecule has 0 unspecified atom stereocenters. The van der Waals surface area contributed by atoms with Gasteiger partial charge in [-0.1, -0.05) is 0 Å². The predicted octanol–water partition coefficient (Wildman–Crippen LogP) is 0.701. The second-order valence-corrected chi connectivity index (χ2v) is 2.84. The monoisotopic (exact) mass is 197 g/mol. The highest BCUT2D eigenvalue weighted by Gasteiger charge is 1.99. The average Bonchev–Trinajstić information content (AvgIpc) is 2.60. The Morgan fingerprint density at radius 3 is 3.15 bits per heavy atom. The van der Waals surface area contributed by atoms with E-state index in [0.29, 0.717) is 25.6 Å². The Kier molecular flexibility index (Phi) is 4.36. The molecule has 0 fully saturated rings. The summed E-state index contributed by atoms with van der Waals surface area (Å²) in [5, 5.41) is 8.62. The highest BCUT2D eigenvalue weighted by Crippen LogP contribution is 1.95. The summed E-state index contributed by atoms with van der Waals surface area (Å²) in [7, 11) is 0. The summed E-state index contributed by atoms with van der Waals surface area (Å²) in [6.45, 7) is 1.89. The van der Waals surface area contributed by atoms with E-state index in [0.717, 1.165) is 5.75 Å². The molecule has 0 aliphatic rings. The van der Waals surface area contributed by atoms with E-state index in [1.54, 1.807) is 17.0 Å². The number of hydrogen-bond donors (Lipinski definition) is 1. The molecule has 1 heterocycles. The molecule has 0 amide bonds. The van der Waals surface area contributed by atoms with Gasteiger partial charge in [0, 0.05) is 24.7 Å². The molecule has 0 atom stereocenters. The van der Waals surface area contributed by atoms with Gasteiger partial charge in [0.1, 0.15) is 6.07 Å². The molecule has 70 valence electrons. The van der Waals surface area contributed by atoms with E-state index >= 15 is 0 Å². The Morgan fingerprint density at radius 1 is 1.62 bits per heavy atom. The zero-order valence-corrected chi connectivity index (χ0v) is 8.07. The molecule has 0 aliphatic carbocycles. The maximum atomic E-state index is 8.62. The van der Waals surface area contributed by atoms with Crippen LogP contribution in [0.3, 0.4) is 0 Å². The molecule has 1 aromatic heterocycles. The van der Waals surface area contributed by atoms with Crippen LogP contribution < -0.4 is 0 Å². The maximum Gasteiger partial charge on any atom is 0.212 e. The zero-order valence-electron chi connectivity index (χ0n) is 7.18. The average molecular weight is 197 g/mol. The Morgan fingerprint density at radius 2 is 2.46 bits per heavy atom. The largest absolute Gasteiger partial charge is 0.379 e. The van der Waals surface area contributed by atoms with Gasteiger partial charge in [-0.2, -0.15) is 17.9 Å². The third-order valence-corrected chi connectivity index (χ3v) is 1.71. The zero-order chi connectivity index (χ0) is 9.52. The summed E-state index contributed by atoms with van der Waals surface area (Å²) < 4.78 is 6.98. The first-order valence-corrected chi connectivity index (χ1v) is 4.61. The van der Waals surface area contributed by atoms with Crippen molar-refractivity contribution in [3.05, 3.63) is 18.2 Å². The van der Waals surface area contributed by atoms with Crippen molar-refractivity contribution >= 4 is 12.6 Å². The van der Waals surface area contributed by atoms with Crippen molar-refractivity contribution in [2.24, 2.45) is 0 Å². The Balaban J connectivity index is 2.33. The fourth-order valence-corrected chi connectivity index (χ4v) is 1.06. The highest BCUT2D eigenvalue weighted by atomic mass is 32.1. The van der Waals surface area contributed by atoms with Crippen LogP contribution >= 0.6 is 12.6 Å². The number of nitriles is 1. The lowest BCUT2D eigenvalue weighted by Crippen LogP contribution is -2.08. The van der Waals surface area contributed by atoms with Crippen LogP contribution in [0.4, 0.5) is 0 Å². The first-order valence-electron chi connectivity index (χ1n) is 3.98. The summed E-state index contributed by atoms with van der Waals surface area (Å²) in [6.07, 6.45) is 3.37. The van der Waals surface area contributed by atoms with Crippen molar-refractivity contribution in [3.8, 4) is 6.07 Å². The van der Waals surface area contributed by atoms with Gasteiger partial charge in [-0.15, -0.1) is 0 Å². The Labute approximate surface area is 82.6 Å². The molecule has 0 spiro atoms. The third-order valence-electron chi connectivity index (χ3n) is 1.53. The Hall–Kier alpha value is -0.990. The van der Waals surface area contributed by atoms with Crippen molar-refractivity contribution in [2.45, 2.75) is 6.54 Å². The second-order valence-electron chi connectivity index (χ2n) is 2.39. The van der Waals surface area contributed by atoms with Crippen molar-refractivity contribution in [3.63, 3.8) is 0 Å². The van der Waals surface area contributed by atoms with Gasteiger partial charge in [-0.25, -0.2) is 4.98 Å². The molecule has 13 heavy (non-hydrogen) atoms. The molecule has 0 N–H and O–H groups in total. The molecule has 0 aromatic carbocycles. The molecule has 0 saturated carbocycles. The van der Waals surface area contributed by atoms with E-state index in [4.69, 9.17) is 10.00 Å². The molecule has 0 aliphatic heterocycles. The Bertz CT molecular complexity index is 292. The highest BCUT2D eigenvalue weighted by molar-refractivity contribution is 7.80. The third kappa shape index (κ3) is 3.09. The van der Waals surface area contributed by atoms with Crippen LogP contribution in [0.2, 0.25) is 0 Å². The fourth-order valence-electron chi connectivity index (χ4n) is 0.932. The molecular formula is C8H11N3OS. The van der Waals surface area contributed by atoms with E-state index in [-0.39, 0.29) is 0 Å². The SMILES string of the molecule is N#Cc1nccn1CCOCCS. The first-order chi connectivity index (χ1) is 6.38. The van der Waals surface area contributed by atoms with Gasteiger partial charge >= 0.3 is 0 Å². The second kappa shape index (κ2) is 5.62. The van der Waals surface area contributed by atoms with Crippen LogP contribution in [0.25, 0.3) is 0 Å². The minimum absolute atomic E-state index is 0.425. The van der Waals surface area contributed by atoms with Crippen LogP contribution in [0.5, 0.6) is 0 Å². The van der Waals surface area contributed by atoms with Crippen molar-refractivity contribution in [1.82, 2.24) is 9.55 Å². The van der Waals surface area contributed by atoms with Gasteiger partial charge in [0.25, 0.3) is 0 Å². The number of thiol groups is 1. The normalized spacial score (nSPS) is 9.85. The smallest absolute Gasteiger partial charge is 0.212 e. The minimum atomic E-state index is 0.425. The minimum Gasteiger partial charge on any atom is -0.379 e. The molecule has 0 bridgehead atoms. The van der Waals surface area contributed by atoms with Gasteiger partial charge in [-0.05, 0) is 0 Å². The van der Waals surface area contributed by atoms with E-state index in [1.165, 1.54) is 0 Å². The van der Waals surface area contributed by atoms with Crippen LogP contribution in [0, 0.1) is 11.3 Å². The van der Waals surface area contributed by atoms with Crippen LogP contribution in [-0.4, -0.2) is 28.5 Å². The molecular weight excluding hydrogens is 186 g/mol. The summed E-state index contributed by atoms with van der Waals surface area (Å²) in [5.41, 5.74) is 0. The molecule has 4 nitrogen and oxygen atoms in total. The summed E-state index contributed by atoms with van der Waals surface area (Å²) in [4.78, 5) is 3.86. The standard InChI is InChI=1S/C8H11N3OS/c9-7-8-10-1-2-11(8)3-4-12-5-6-13/h1-2,13H,3-6H2. The van der Waals surface area contributed by atoms with Crippen LogP contribution in [0.15, 0.2) is 12.4 Å². The lowest BCUT2D eigenvalue weighted by atomic mass is 10.6. The molecule has 0 saturated heterocycles. The van der Waals surface area contributed by atoms with E-state index < -0.39 is 0 Å². The predicted molar refractivity (Wildman–Crippen MR) is 51.6 cm³/mol. The van der Waals surface area contributed by atoms with Gasteiger partial charge in [0.15, 0.2) is 0 Å². The lowest BCUT2D eigenvalue weighted by molar-refractivity contribution is 0.141. The van der Waals surface area contributed by atoms with Crippen LogP contribution in [0.1, 0.15) is 5.82 Å². The number of imidazole rings is 1. The molecule has 1 rings (SSSR count). The van der Waals surface area contributed by atoms with E-state index in [1.807, 2.05) is 6.07 Å². The van der Waals surface area contributed by atoms with Crippen molar-refractivity contribution < 1.29 is 4.74 Å². The molecule has 5 heteroatoms. The first kappa shape index (κ1) is 10.1. The van der Waals surface area contributed by atoms with Gasteiger partial charge < -0.3 is 9.30 Å². The summed E-state index contributed by atoms with van der Waals surface area (Å²) in [6, 6.07) is 2.00. The fraction of sp³-hybridized carbons (Fsp3) is 0.500. The van der Waals surface area contributed by atoms with Gasteiger partial charge in [0.05, 0.1) is 13.2 Å². The topological polar surface area (TPSA) is 50.8 Å². The van der Waals surface area contributed by atoms with E-state index in [2.05, 4.69) is 17.6 Å². The van der Waals surface area contributed by atoms with Crippen LogP contribution in [-0.2, 0) is 11.3 Å². The number of ether oxygens (including phenoxy) is 1. The molecule has 0 radical (unpaired) electrons. The van der Waals surface area contributed by atoms with Crippen molar-refractivity contribution in [2.75, 3.05) is 19.0 Å². The summed E-state index contributed by atoms with van der Waals surface area (Å²) >= 11 is 4.01. The summed E-state index contributed by atoms with van der Waals surface area (Å²) in [5.74, 6) is 1.14. The maximum absolute atomic E-state index is 8.62. The van der Waals surface area contributed by atoms with Crippen molar-refractivity contribution in [1.29, 1.82) is 5.26 Å². The quantitative estimate of drug-likeness (QED) is 0.558.